The van der Waals surface area contributed by atoms with Crippen molar-refractivity contribution in [3.05, 3.63) is 302 Å². The summed E-state index contributed by atoms with van der Waals surface area (Å²) in [7, 11) is 0. The number of para-hydroxylation sites is 1. The van der Waals surface area contributed by atoms with Gasteiger partial charge in [-0.25, -0.2) is 0 Å². The molecule has 3 heteroatoms. The Morgan fingerprint density at radius 2 is 0.753 bits per heavy atom. The van der Waals surface area contributed by atoms with Crippen molar-refractivity contribution in [1.29, 1.82) is 0 Å². The van der Waals surface area contributed by atoms with Gasteiger partial charge in [0.2, 0.25) is 0 Å². The number of anilines is 7. The quantitative estimate of drug-likeness (QED) is 0.135. The van der Waals surface area contributed by atoms with Gasteiger partial charge in [-0.1, -0.05) is 215 Å². The fourth-order valence-electron chi connectivity index (χ4n) is 10.8. The van der Waals surface area contributed by atoms with Crippen molar-refractivity contribution < 1.29 is 0 Å². The van der Waals surface area contributed by atoms with E-state index < -0.39 is 0 Å². The minimum Gasteiger partial charge on any atom is -0.337 e. The van der Waals surface area contributed by atoms with E-state index in [1.54, 1.807) is 0 Å². The zero-order chi connectivity index (χ0) is 49.3. The van der Waals surface area contributed by atoms with Gasteiger partial charge in [-0.15, -0.1) is 0 Å². The van der Waals surface area contributed by atoms with Crippen LogP contribution in [0.2, 0.25) is 0 Å². The van der Waals surface area contributed by atoms with Crippen molar-refractivity contribution >= 4 is 45.4 Å². The van der Waals surface area contributed by atoms with E-state index in [9.17, 15) is 0 Å². The lowest BCUT2D eigenvalue weighted by Gasteiger charge is -2.43. The second-order valence-electron chi connectivity index (χ2n) is 19.5. The van der Waals surface area contributed by atoms with Crippen LogP contribution in [0, 0.1) is 0 Å². The molecule has 0 amide bonds. The fourth-order valence-corrected chi connectivity index (χ4v) is 10.8. The number of fused-ring (bicyclic) bond motifs is 2. The Morgan fingerprint density at radius 3 is 1.18 bits per heavy atom. The van der Waals surface area contributed by atoms with Crippen LogP contribution in [0.3, 0.4) is 0 Å². The summed E-state index contributed by atoms with van der Waals surface area (Å²) >= 11 is 0. The number of benzene rings is 10. The monoisotopic (exact) mass is 937 g/mol. The molecule has 10 aromatic rings. The Kier molecular flexibility index (Phi) is 11.8. The molecule has 10 aromatic carbocycles. The van der Waals surface area contributed by atoms with Gasteiger partial charge < -0.3 is 14.7 Å². The van der Waals surface area contributed by atoms with Gasteiger partial charge in [0.15, 0.2) is 0 Å². The lowest BCUT2D eigenvalue weighted by atomic mass is 9.72. The molecular weight excluding hydrogens is 883 g/mol. The summed E-state index contributed by atoms with van der Waals surface area (Å²) in [6, 6.07) is 92.1. The third-order valence-corrected chi connectivity index (χ3v) is 14.6. The molecule has 0 unspecified atom stereocenters. The van der Waals surface area contributed by atoms with Gasteiger partial charge in [0, 0.05) is 57.3 Å². The van der Waals surface area contributed by atoms with E-state index in [4.69, 9.17) is 6.58 Å². The van der Waals surface area contributed by atoms with Crippen LogP contribution >= 0.6 is 0 Å². The Labute approximate surface area is 430 Å². The largest absolute Gasteiger partial charge is 0.337 e. The van der Waals surface area contributed by atoms with Gasteiger partial charge in [-0.3, -0.25) is 0 Å². The normalized spacial score (nSPS) is 13.4. The molecule has 0 bridgehead atoms. The molecule has 2 heterocycles. The molecule has 12 rings (SSSR count). The molecular formula is C70H55N3. The Balaban J connectivity index is 1.04. The maximum Gasteiger partial charge on any atom is 0.0536 e. The van der Waals surface area contributed by atoms with Crippen molar-refractivity contribution in [2.45, 2.75) is 19.3 Å². The van der Waals surface area contributed by atoms with E-state index >= 15 is 0 Å². The lowest BCUT2D eigenvalue weighted by molar-refractivity contribution is 0.627. The summed E-state index contributed by atoms with van der Waals surface area (Å²) in [4.78, 5) is 7.30. The highest BCUT2D eigenvalue weighted by Gasteiger charge is 2.39. The number of nitrogens with zero attached hydrogens (tertiary/aromatic N) is 3. The van der Waals surface area contributed by atoms with E-state index in [0.29, 0.717) is 6.54 Å². The van der Waals surface area contributed by atoms with Gasteiger partial charge in [0.05, 0.1) is 5.69 Å². The van der Waals surface area contributed by atoms with E-state index in [1.807, 2.05) is 0 Å². The number of hydrogen-bond acceptors (Lipinski definition) is 3. The van der Waals surface area contributed by atoms with Gasteiger partial charge in [-0.05, 0) is 140 Å². The first-order chi connectivity index (χ1) is 35.9. The molecule has 0 saturated carbocycles. The highest BCUT2D eigenvalue weighted by Crippen LogP contribution is 2.54. The van der Waals surface area contributed by atoms with Crippen LogP contribution in [0.4, 0.5) is 39.8 Å². The van der Waals surface area contributed by atoms with Crippen molar-refractivity contribution in [2.24, 2.45) is 0 Å². The Hall–Kier alpha value is -9.18. The van der Waals surface area contributed by atoms with Crippen molar-refractivity contribution in [1.82, 2.24) is 0 Å². The summed E-state index contributed by atoms with van der Waals surface area (Å²) in [5.41, 5.74) is 22.4. The molecule has 350 valence electrons. The first kappa shape index (κ1) is 45.0. The van der Waals surface area contributed by atoms with Crippen LogP contribution in [-0.2, 0) is 5.41 Å². The molecule has 0 radical (unpaired) electrons. The third-order valence-electron chi connectivity index (χ3n) is 14.6. The fraction of sp³-hybridized carbons (Fsp3) is 0.0571. The highest BCUT2D eigenvalue weighted by atomic mass is 15.2. The first-order valence-corrected chi connectivity index (χ1v) is 25.2. The van der Waals surface area contributed by atoms with Crippen molar-refractivity contribution in [2.75, 3.05) is 21.2 Å². The van der Waals surface area contributed by atoms with Gasteiger partial charge in [-0.2, -0.15) is 0 Å². The van der Waals surface area contributed by atoms with E-state index in [0.717, 1.165) is 45.3 Å². The van der Waals surface area contributed by atoms with Gasteiger partial charge in [0.25, 0.3) is 0 Å². The van der Waals surface area contributed by atoms with Crippen LogP contribution in [0.15, 0.2) is 285 Å². The maximum absolute atomic E-state index is 5.02. The zero-order valence-corrected chi connectivity index (χ0v) is 41.2. The van der Waals surface area contributed by atoms with E-state index in [1.165, 1.54) is 67.0 Å². The highest BCUT2D eigenvalue weighted by molar-refractivity contribution is 5.95. The average Bonchev–Trinajstić information content (AvgIpc) is 3.52. The molecule has 0 N–H and O–H groups in total. The molecule has 0 atom stereocenters. The minimum absolute atomic E-state index is 0.342. The van der Waals surface area contributed by atoms with Crippen molar-refractivity contribution in [3.63, 3.8) is 0 Å². The number of rotatable bonds is 10. The van der Waals surface area contributed by atoms with E-state index in [2.05, 4.69) is 302 Å². The topological polar surface area (TPSA) is 9.72 Å². The molecule has 2 aliphatic heterocycles. The van der Waals surface area contributed by atoms with Crippen LogP contribution in [0.25, 0.3) is 50.1 Å². The van der Waals surface area contributed by atoms with Crippen LogP contribution < -0.4 is 14.7 Å². The molecule has 0 fully saturated rings. The molecule has 0 spiro atoms. The second-order valence-corrected chi connectivity index (χ2v) is 19.5. The molecule has 0 aliphatic carbocycles. The van der Waals surface area contributed by atoms with Gasteiger partial charge >= 0.3 is 0 Å². The molecule has 2 aliphatic rings. The SMILES string of the molecule is C=C1C=C(N(c2ccc(-c3ccccc3)cc2)c2ccc(-c3ccccc3)cc2)C=CCN2c3ccccc3C(C)(C)c3cc(N(c4ccc(-c5ccccc5)cc4)c4ccc(-c5ccccc5)cc4)cc1c32. The Bertz CT molecular complexity index is 3470. The molecule has 0 saturated heterocycles. The molecule has 73 heavy (non-hydrogen) atoms. The Morgan fingerprint density at radius 1 is 0.384 bits per heavy atom. The van der Waals surface area contributed by atoms with Gasteiger partial charge in [0.1, 0.15) is 0 Å². The predicted molar refractivity (Wildman–Crippen MR) is 310 cm³/mol. The van der Waals surface area contributed by atoms with Crippen LogP contribution in [0.1, 0.15) is 30.5 Å². The second kappa shape index (κ2) is 19.2. The summed E-state index contributed by atoms with van der Waals surface area (Å²) in [5, 5.41) is 0. The molecule has 0 aromatic heterocycles. The molecule has 3 nitrogen and oxygen atoms in total. The first-order valence-electron chi connectivity index (χ1n) is 25.2. The number of allylic oxidation sites excluding steroid dienone is 3. The summed E-state index contributed by atoms with van der Waals surface area (Å²) in [5.74, 6) is 0. The summed E-state index contributed by atoms with van der Waals surface area (Å²) in [6.07, 6.45) is 6.89. The predicted octanol–water partition coefficient (Wildman–Crippen LogP) is 18.9. The number of hydrogen-bond donors (Lipinski definition) is 0. The standard InChI is InChI=1S/C70H55N3/c1-50-47-63(72(59-38-30-55(31-39-59)51-19-8-4-9-20-51)60-40-32-56(33-41-60)52-21-10-5-11-22-52)27-18-46-71-68-29-17-16-28-66(68)70(2,3)67-49-64(48-65(50)69(67)71)73(61-42-34-57(35-43-61)53-23-12-6-13-24-53)62-44-36-58(37-45-62)54-25-14-7-15-26-54/h4-45,47-49H,1,46H2,2-3H3. The van der Waals surface area contributed by atoms with Crippen LogP contribution in [-0.4, -0.2) is 6.54 Å². The zero-order valence-electron chi connectivity index (χ0n) is 41.2. The average molecular weight is 938 g/mol. The van der Waals surface area contributed by atoms with Crippen molar-refractivity contribution in [3.8, 4) is 44.5 Å². The van der Waals surface area contributed by atoms with E-state index in [-0.39, 0.29) is 5.41 Å². The summed E-state index contributed by atoms with van der Waals surface area (Å²) in [6.45, 7) is 10.4. The lowest BCUT2D eigenvalue weighted by Crippen LogP contribution is -2.34. The maximum atomic E-state index is 5.02. The smallest absolute Gasteiger partial charge is 0.0536 e. The third kappa shape index (κ3) is 8.66. The van der Waals surface area contributed by atoms with Crippen LogP contribution in [0.5, 0.6) is 0 Å². The summed E-state index contributed by atoms with van der Waals surface area (Å²) < 4.78 is 0. The minimum atomic E-state index is -0.342.